The highest BCUT2D eigenvalue weighted by Crippen LogP contribution is 2.34. The molecule has 1 aliphatic rings. The van der Waals surface area contributed by atoms with Crippen LogP contribution in [0.5, 0.6) is 0 Å². The van der Waals surface area contributed by atoms with Gasteiger partial charge in [0.05, 0.1) is 27.1 Å². The van der Waals surface area contributed by atoms with Crippen molar-refractivity contribution in [3.8, 4) is 0 Å². The summed E-state index contributed by atoms with van der Waals surface area (Å²) in [6.07, 6.45) is 1.81. The molecule has 1 saturated heterocycles. The van der Waals surface area contributed by atoms with Gasteiger partial charge in [0, 0.05) is 11.3 Å². The first-order valence-corrected chi connectivity index (χ1v) is 11.2. The van der Waals surface area contributed by atoms with Crippen LogP contribution in [0, 0.1) is 5.82 Å². The molecule has 0 bridgehead atoms. The number of esters is 1. The van der Waals surface area contributed by atoms with Crippen LogP contribution in [0.25, 0.3) is 6.08 Å². The molecule has 0 radical (unpaired) electrons. The fourth-order valence-corrected chi connectivity index (χ4v) is 4.02. The first-order chi connectivity index (χ1) is 15.7. The number of benzene rings is 2. The molecule has 2 aromatic rings. The summed E-state index contributed by atoms with van der Waals surface area (Å²) in [5.41, 5.74) is 0.269. The van der Waals surface area contributed by atoms with Crippen LogP contribution in [0.4, 0.5) is 14.9 Å². The Morgan fingerprint density at radius 1 is 1.18 bits per heavy atom. The van der Waals surface area contributed by atoms with E-state index in [0.717, 1.165) is 4.90 Å². The third-order valence-electron chi connectivity index (χ3n) is 4.36. The molecular formula is C22H17Cl2FN2O5S. The zero-order chi connectivity index (χ0) is 24.1. The van der Waals surface area contributed by atoms with Crippen LogP contribution in [0.15, 0.2) is 41.3 Å². The van der Waals surface area contributed by atoms with Crippen molar-refractivity contribution in [2.45, 2.75) is 13.3 Å². The predicted octanol–water partition coefficient (Wildman–Crippen LogP) is 5.37. The minimum Gasteiger partial charge on any atom is -0.462 e. The maximum atomic E-state index is 14.0. The number of imide groups is 1. The molecule has 0 saturated carbocycles. The minimum atomic E-state index is -0.751. The summed E-state index contributed by atoms with van der Waals surface area (Å²) >= 11 is 12.6. The highest BCUT2D eigenvalue weighted by atomic mass is 35.5. The number of thioether (sulfide) groups is 1. The number of amides is 3. The summed E-state index contributed by atoms with van der Waals surface area (Å²) < 4.78 is 19.1. The normalized spacial score (nSPS) is 14.7. The molecule has 172 valence electrons. The van der Waals surface area contributed by atoms with E-state index in [1.807, 2.05) is 6.92 Å². The molecule has 0 aromatic heterocycles. The molecule has 1 fully saturated rings. The average molecular weight is 511 g/mol. The van der Waals surface area contributed by atoms with Gasteiger partial charge in [-0.3, -0.25) is 19.3 Å². The van der Waals surface area contributed by atoms with Gasteiger partial charge in [-0.1, -0.05) is 36.2 Å². The van der Waals surface area contributed by atoms with E-state index in [0.29, 0.717) is 18.2 Å². The Bertz CT molecular complexity index is 1150. The molecule has 0 spiro atoms. The zero-order valence-corrected chi connectivity index (χ0v) is 19.5. The Morgan fingerprint density at radius 3 is 2.64 bits per heavy atom. The monoisotopic (exact) mass is 510 g/mol. The van der Waals surface area contributed by atoms with Crippen molar-refractivity contribution in [3.05, 3.63) is 68.3 Å². The molecule has 2 aromatic carbocycles. The second kappa shape index (κ2) is 10.8. The van der Waals surface area contributed by atoms with E-state index in [2.05, 4.69) is 5.32 Å². The quantitative estimate of drug-likeness (QED) is 0.397. The van der Waals surface area contributed by atoms with Gasteiger partial charge in [0.25, 0.3) is 11.1 Å². The number of carbonyl (C=O) groups is 4. The van der Waals surface area contributed by atoms with E-state index in [1.54, 1.807) is 0 Å². The molecule has 33 heavy (non-hydrogen) atoms. The van der Waals surface area contributed by atoms with Crippen molar-refractivity contribution >= 4 is 69.8 Å². The lowest BCUT2D eigenvalue weighted by Crippen LogP contribution is -2.36. The fourth-order valence-electron chi connectivity index (χ4n) is 2.79. The van der Waals surface area contributed by atoms with Crippen molar-refractivity contribution < 1.29 is 28.3 Å². The van der Waals surface area contributed by atoms with Crippen LogP contribution < -0.4 is 5.32 Å². The van der Waals surface area contributed by atoms with E-state index in [-0.39, 0.29) is 38.4 Å². The Balaban J connectivity index is 1.71. The Kier molecular flexibility index (Phi) is 8.12. The highest BCUT2D eigenvalue weighted by Gasteiger charge is 2.36. The predicted molar refractivity (Wildman–Crippen MR) is 125 cm³/mol. The number of halogens is 3. The molecule has 1 heterocycles. The highest BCUT2D eigenvalue weighted by molar-refractivity contribution is 8.18. The third-order valence-corrected chi connectivity index (χ3v) is 5.92. The van der Waals surface area contributed by atoms with Crippen LogP contribution in [0.2, 0.25) is 10.0 Å². The maximum absolute atomic E-state index is 14.0. The lowest BCUT2D eigenvalue weighted by atomic mass is 10.2. The third kappa shape index (κ3) is 5.93. The number of ether oxygens (including phenoxy) is 1. The van der Waals surface area contributed by atoms with E-state index < -0.39 is 35.4 Å². The SMILES string of the molecule is CCCOC(=O)c1cc(NC(=O)CN2C(=O)S/C(=C\c3c(F)cccc3Cl)C2=O)ccc1Cl. The maximum Gasteiger partial charge on any atom is 0.339 e. The summed E-state index contributed by atoms with van der Waals surface area (Å²) in [5, 5.41) is 2.05. The van der Waals surface area contributed by atoms with Gasteiger partial charge in [-0.15, -0.1) is 0 Å². The van der Waals surface area contributed by atoms with Crippen molar-refractivity contribution in [3.63, 3.8) is 0 Å². The van der Waals surface area contributed by atoms with Gasteiger partial charge in [0.1, 0.15) is 12.4 Å². The van der Waals surface area contributed by atoms with Gasteiger partial charge >= 0.3 is 5.97 Å². The van der Waals surface area contributed by atoms with Crippen LogP contribution >= 0.6 is 35.0 Å². The van der Waals surface area contributed by atoms with E-state index in [1.165, 1.54) is 42.5 Å². The van der Waals surface area contributed by atoms with Crippen LogP contribution in [-0.4, -0.2) is 41.1 Å². The van der Waals surface area contributed by atoms with Gasteiger partial charge in [-0.2, -0.15) is 0 Å². The van der Waals surface area contributed by atoms with E-state index in [4.69, 9.17) is 27.9 Å². The molecule has 7 nitrogen and oxygen atoms in total. The van der Waals surface area contributed by atoms with E-state index in [9.17, 15) is 23.6 Å². The molecule has 0 unspecified atom stereocenters. The number of nitrogens with zero attached hydrogens (tertiary/aromatic N) is 1. The van der Waals surface area contributed by atoms with Gasteiger partial charge in [0.15, 0.2) is 0 Å². The lowest BCUT2D eigenvalue weighted by molar-refractivity contribution is -0.127. The Hall–Kier alpha value is -2.88. The number of rotatable bonds is 7. The topological polar surface area (TPSA) is 92.8 Å². The number of hydrogen-bond acceptors (Lipinski definition) is 6. The van der Waals surface area contributed by atoms with Crippen LogP contribution in [-0.2, 0) is 14.3 Å². The molecule has 0 aliphatic carbocycles. The molecule has 3 amide bonds. The first-order valence-electron chi connectivity index (χ1n) is 9.67. The molecule has 1 aliphatic heterocycles. The van der Waals surface area contributed by atoms with E-state index >= 15 is 0 Å². The van der Waals surface area contributed by atoms with Gasteiger partial charge < -0.3 is 10.1 Å². The fraction of sp³-hybridized carbons (Fsp3) is 0.182. The van der Waals surface area contributed by atoms with Crippen LogP contribution in [0.3, 0.4) is 0 Å². The number of hydrogen-bond donors (Lipinski definition) is 1. The van der Waals surface area contributed by atoms with Gasteiger partial charge in [-0.05, 0) is 54.6 Å². The Morgan fingerprint density at radius 2 is 1.94 bits per heavy atom. The summed E-state index contributed by atoms with van der Waals surface area (Å²) in [6, 6.07) is 8.26. The second-order valence-corrected chi connectivity index (χ2v) is 8.59. The second-order valence-electron chi connectivity index (χ2n) is 6.78. The molecule has 0 atom stereocenters. The van der Waals surface area contributed by atoms with Crippen molar-refractivity contribution in [2.75, 3.05) is 18.5 Å². The summed E-state index contributed by atoms with van der Waals surface area (Å²) in [5.74, 6) is -2.72. The van der Waals surface area contributed by atoms with Crippen LogP contribution in [0.1, 0.15) is 29.3 Å². The number of nitrogens with one attached hydrogen (secondary N) is 1. The summed E-state index contributed by atoms with van der Waals surface area (Å²) in [6.45, 7) is 1.48. The number of carbonyl (C=O) groups excluding carboxylic acids is 4. The van der Waals surface area contributed by atoms with Crippen molar-refractivity contribution in [1.29, 1.82) is 0 Å². The Labute approximate surface area is 202 Å². The number of anilines is 1. The van der Waals surface area contributed by atoms with Gasteiger partial charge in [0.2, 0.25) is 5.91 Å². The molecular weight excluding hydrogens is 494 g/mol. The smallest absolute Gasteiger partial charge is 0.339 e. The zero-order valence-electron chi connectivity index (χ0n) is 17.2. The largest absolute Gasteiger partial charge is 0.462 e. The average Bonchev–Trinajstić information content (AvgIpc) is 3.03. The minimum absolute atomic E-state index is 0.0298. The van der Waals surface area contributed by atoms with Gasteiger partial charge in [-0.25, -0.2) is 9.18 Å². The molecule has 11 heteroatoms. The first kappa shape index (κ1) is 24.8. The molecule has 3 rings (SSSR count). The molecule has 1 N–H and O–H groups in total. The van der Waals surface area contributed by atoms with Crippen molar-refractivity contribution in [2.24, 2.45) is 0 Å². The summed E-state index contributed by atoms with van der Waals surface area (Å²) in [4.78, 5) is 50.1. The lowest BCUT2D eigenvalue weighted by Gasteiger charge is -2.13. The summed E-state index contributed by atoms with van der Waals surface area (Å²) in [7, 11) is 0. The standard InChI is InChI=1S/C22H17Cl2FN2O5S/c1-2-8-32-21(30)14-9-12(6-7-16(14)24)26-19(28)11-27-20(29)18(33-22(27)31)10-13-15(23)4-3-5-17(13)25/h3-7,9-10H,2,8,11H2,1H3,(H,26,28)/b18-10-. The van der Waals surface area contributed by atoms with Crippen molar-refractivity contribution in [1.82, 2.24) is 4.90 Å².